The average Bonchev–Trinajstić information content (AvgIpc) is 3.03. The van der Waals surface area contributed by atoms with Gasteiger partial charge < -0.3 is 20.3 Å². The molecule has 1 saturated heterocycles. The first kappa shape index (κ1) is 18.7. The molecule has 0 bridgehead atoms. The van der Waals surface area contributed by atoms with Crippen LogP contribution in [0.1, 0.15) is 31.4 Å². The van der Waals surface area contributed by atoms with Crippen molar-refractivity contribution in [2.75, 3.05) is 46.9 Å². The summed E-state index contributed by atoms with van der Waals surface area (Å²) in [6, 6.07) is 10.3. The molecule has 0 radical (unpaired) electrons. The Morgan fingerprint density at radius 3 is 2.79 bits per heavy atom. The summed E-state index contributed by atoms with van der Waals surface area (Å²) in [5.74, 6) is 1.62. The van der Waals surface area contributed by atoms with Crippen molar-refractivity contribution in [2.45, 2.75) is 25.9 Å². The number of benzene rings is 1. The standard InChI is InChI=1S/C19H32N4O/c1-16(18-8-5-4-6-9-18)24-13-7-11-21-19(20-2)22-14-17-10-12-23(3)15-17/h4-6,8-9,16-17H,7,10-15H2,1-3H3,(H2,20,21,22). The number of nitrogens with one attached hydrogen (secondary N) is 2. The van der Waals surface area contributed by atoms with Gasteiger partial charge in [-0.2, -0.15) is 0 Å². The maximum atomic E-state index is 5.89. The quantitative estimate of drug-likeness (QED) is 0.436. The second kappa shape index (κ2) is 10.3. The van der Waals surface area contributed by atoms with Gasteiger partial charge in [0.05, 0.1) is 6.10 Å². The molecule has 1 fully saturated rings. The third-order valence-corrected chi connectivity index (χ3v) is 4.52. The van der Waals surface area contributed by atoms with Crippen molar-refractivity contribution in [1.29, 1.82) is 0 Å². The summed E-state index contributed by atoms with van der Waals surface area (Å²) in [5, 5.41) is 6.79. The van der Waals surface area contributed by atoms with Gasteiger partial charge in [-0.05, 0) is 44.8 Å². The average molecular weight is 332 g/mol. The Bertz CT molecular complexity index is 491. The van der Waals surface area contributed by atoms with Crippen LogP contribution in [0.4, 0.5) is 0 Å². The van der Waals surface area contributed by atoms with Gasteiger partial charge >= 0.3 is 0 Å². The Morgan fingerprint density at radius 1 is 1.33 bits per heavy atom. The number of hydrogen-bond acceptors (Lipinski definition) is 3. The van der Waals surface area contributed by atoms with E-state index in [2.05, 4.69) is 58.8 Å². The van der Waals surface area contributed by atoms with E-state index in [0.29, 0.717) is 0 Å². The first-order valence-electron chi connectivity index (χ1n) is 8.98. The van der Waals surface area contributed by atoms with Gasteiger partial charge in [0.1, 0.15) is 0 Å². The van der Waals surface area contributed by atoms with Gasteiger partial charge in [-0.1, -0.05) is 30.3 Å². The minimum absolute atomic E-state index is 0.142. The second-order valence-corrected chi connectivity index (χ2v) is 6.57. The van der Waals surface area contributed by atoms with Crippen molar-refractivity contribution in [3.8, 4) is 0 Å². The zero-order valence-electron chi connectivity index (χ0n) is 15.3. The van der Waals surface area contributed by atoms with Crippen molar-refractivity contribution in [1.82, 2.24) is 15.5 Å². The molecule has 0 aliphatic carbocycles. The van der Waals surface area contributed by atoms with Crippen LogP contribution in [0, 0.1) is 5.92 Å². The Kier molecular flexibility index (Phi) is 8.05. The molecule has 0 aromatic heterocycles. The van der Waals surface area contributed by atoms with Crippen LogP contribution in [0.25, 0.3) is 0 Å². The molecule has 0 amide bonds. The fourth-order valence-electron chi connectivity index (χ4n) is 3.01. The van der Waals surface area contributed by atoms with E-state index in [0.717, 1.165) is 38.0 Å². The molecular weight excluding hydrogens is 300 g/mol. The number of hydrogen-bond donors (Lipinski definition) is 2. The van der Waals surface area contributed by atoms with Crippen LogP contribution in [0.2, 0.25) is 0 Å². The van der Waals surface area contributed by atoms with Crippen molar-refractivity contribution < 1.29 is 4.74 Å². The largest absolute Gasteiger partial charge is 0.374 e. The molecular formula is C19H32N4O. The zero-order valence-corrected chi connectivity index (χ0v) is 15.3. The number of rotatable bonds is 8. The van der Waals surface area contributed by atoms with Crippen molar-refractivity contribution in [2.24, 2.45) is 10.9 Å². The summed E-state index contributed by atoms with van der Waals surface area (Å²) in [4.78, 5) is 6.67. The molecule has 1 aromatic carbocycles. The highest BCUT2D eigenvalue weighted by molar-refractivity contribution is 5.79. The third-order valence-electron chi connectivity index (χ3n) is 4.52. The predicted octanol–water partition coefficient (Wildman–Crippen LogP) is 2.27. The zero-order chi connectivity index (χ0) is 17.2. The van der Waals surface area contributed by atoms with Crippen LogP contribution < -0.4 is 10.6 Å². The SMILES string of the molecule is CN=C(NCCCOC(C)c1ccccc1)NCC1CCN(C)C1. The van der Waals surface area contributed by atoms with Crippen molar-refractivity contribution in [3.63, 3.8) is 0 Å². The number of likely N-dealkylation sites (tertiary alicyclic amines) is 1. The number of ether oxygens (including phenoxy) is 1. The van der Waals surface area contributed by atoms with E-state index in [1.54, 1.807) is 0 Å². The Balaban J connectivity index is 1.55. The molecule has 0 spiro atoms. The molecule has 134 valence electrons. The molecule has 2 rings (SSSR count). The number of guanidine groups is 1. The number of aliphatic imine (C=N–C) groups is 1. The summed E-state index contributed by atoms with van der Waals surface area (Å²) < 4.78 is 5.89. The minimum atomic E-state index is 0.142. The van der Waals surface area contributed by atoms with Crippen molar-refractivity contribution >= 4 is 5.96 Å². The van der Waals surface area contributed by atoms with Crippen LogP contribution in [-0.2, 0) is 4.74 Å². The van der Waals surface area contributed by atoms with Gasteiger partial charge in [0.25, 0.3) is 0 Å². The minimum Gasteiger partial charge on any atom is -0.374 e. The van der Waals surface area contributed by atoms with Crippen LogP contribution >= 0.6 is 0 Å². The fraction of sp³-hybridized carbons (Fsp3) is 0.632. The monoisotopic (exact) mass is 332 g/mol. The van der Waals surface area contributed by atoms with E-state index in [-0.39, 0.29) is 6.10 Å². The smallest absolute Gasteiger partial charge is 0.190 e. The summed E-state index contributed by atoms with van der Waals surface area (Å²) in [5.41, 5.74) is 1.23. The van der Waals surface area contributed by atoms with Crippen LogP contribution in [0.15, 0.2) is 35.3 Å². The second-order valence-electron chi connectivity index (χ2n) is 6.57. The molecule has 2 atom stereocenters. The highest BCUT2D eigenvalue weighted by atomic mass is 16.5. The Morgan fingerprint density at radius 2 is 2.12 bits per heavy atom. The normalized spacial score (nSPS) is 20.1. The Labute approximate surface area is 146 Å². The van der Waals surface area contributed by atoms with E-state index >= 15 is 0 Å². The topological polar surface area (TPSA) is 48.9 Å². The first-order chi connectivity index (χ1) is 11.7. The lowest BCUT2D eigenvalue weighted by atomic mass is 10.1. The molecule has 5 heteroatoms. The van der Waals surface area contributed by atoms with Gasteiger partial charge in [-0.15, -0.1) is 0 Å². The molecule has 1 aliphatic heterocycles. The molecule has 1 aromatic rings. The van der Waals surface area contributed by atoms with E-state index in [4.69, 9.17) is 4.74 Å². The van der Waals surface area contributed by atoms with Crippen LogP contribution in [0.3, 0.4) is 0 Å². The molecule has 24 heavy (non-hydrogen) atoms. The predicted molar refractivity (Wildman–Crippen MR) is 100 cm³/mol. The summed E-state index contributed by atoms with van der Waals surface area (Å²) in [6.07, 6.45) is 2.37. The van der Waals surface area contributed by atoms with Crippen LogP contribution in [-0.4, -0.2) is 57.7 Å². The molecule has 1 aliphatic rings. The van der Waals surface area contributed by atoms with E-state index in [1.807, 2.05) is 13.1 Å². The maximum absolute atomic E-state index is 5.89. The third kappa shape index (κ3) is 6.49. The van der Waals surface area contributed by atoms with E-state index in [1.165, 1.54) is 25.1 Å². The maximum Gasteiger partial charge on any atom is 0.190 e. The summed E-state index contributed by atoms with van der Waals surface area (Å²) in [7, 11) is 4.01. The molecule has 2 N–H and O–H groups in total. The van der Waals surface area contributed by atoms with Gasteiger partial charge in [-0.25, -0.2) is 0 Å². The number of nitrogens with zero attached hydrogens (tertiary/aromatic N) is 2. The van der Waals surface area contributed by atoms with Gasteiger partial charge in [-0.3, -0.25) is 4.99 Å². The van der Waals surface area contributed by atoms with Crippen molar-refractivity contribution in [3.05, 3.63) is 35.9 Å². The van der Waals surface area contributed by atoms with Gasteiger partial charge in [0.2, 0.25) is 0 Å². The lowest BCUT2D eigenvalue weighted by Crippen LogP contribution is -2.40. The first-order valence-corrected chi connectivity index (χ1v) is 8.98. The highest BCUT2D eigenvalue weighted by Gasteiger charge is 2.19. The van der Waals surface area contributed by atoms with Gasteiger partial charge in [0.15, 0.2) is 5.96 Å². The lowest BCUT2D eigenvalue weighted by molar-refractivity contribution is 0.0646. The highest BCUT2D eigenvalue weighted by Crippen LogP contribution is 2.15. The summed E-state index contributed by atoms with van der Waals surface area (Å²) >= 11 is 0. The molecule has 0 saturated carbocycles. The molecule has 5 nitrogen and oxygen atoms in total. The van der Waals surface area contributed by atoms with Crippen LogP contribution in [0.5, 0.6) is 0 Å². The Hall–Kier alpha value is -1.59. The lowest BCUT2D eigenvalue weighted by Gasteiger charge is -2.16. The molecule has 1 heterocycles. The fourth-order valence-corrected chi connectivity index (χ4v) is 3.01. The van der Waals surface area contributed by atoms with Gasteiger partial charge in [0, 0.05) is 33.3 Å². The molecule has 2 unspecified atom stereocenters. The van der Waals surface area contributed by atoms with E-state index < -0.39 is 0 Å². The summed E-state index contributed by atoms with van der Waals surface area (Å²) in [6.45, 7) is 7.08. The van der Waals surface area contributed by atoms with E-state index in [9.17, 15) is 0 Å².